The minimum absolute atomic E-state index is 0.206. The summed E-state index contributed by atoms with van der Waals surface area (Å²) in [6.07, 6.45) is 4.93. The van der Waals surface area contributed by atoms with Crippen LogP contribution in [0.1, 0.15) is 20.3 Å². The molecule has 0 aliphatic carbocycles. The zero-order valence-electron chi connectivity index (χ0n) is 7.71. The summed E-state index contributed by atoms with van der Waals surface area (Å²) in [6, 6.07) is 0. The first-order valence-corrected chi connectivity index (χ1v) is 4.25. The van der Waals surface area contributed by atoms with Crippen LogP contribution in [0.4, 0.5) is 0 Å². The zero-order chi connectivity index (χ0) is 8.97. The van der Waals surface area contributed by atoms with Crippen molar-refractivity contribution in [3.05, 3.63) is 24.0 Å². The molecule has 0 bridgehead atoms. The van der Waals surface area contributed by atoms with E-state index in [1.807, 2.05) is 26.1 Å². The molecular formula is C10H15NO. The lowest BCUT2D eigenvalue weighted by Crippen LogP contribution is -2.06. The highest BCUT2D eigenvalue weighted by molar-refractivity contribution is 5.74. The summed E-state index contributed by atoms with van der Waals surface area (Å²) in [7, 11) is 0. The van der Waals surface area contributed by atoms with Crippen LogP contribution < -0.4 is 0 Å². The Balaban J connectivity index is 2.51. The SMILES string of the molecule is C=C(OC(C)C)C1=CC=NCC1. The van der Waals surface area contributed by atoms with Gasteiger partial charge in [0, 0.05) is 12.8 Å². The van der Waals surface area contributed by atoms with Gasteiger partial charge in [-0.05, 0) is 31.9 Å². The average molecular weight is 165 g/mol. The first kappa shape index (κ1) is 9.04. The highest BCUT2D eigenvalue weighted by Gasteiger charge is 2.06. The molecule has 0 atom stereocenters. The summed E-state index contributed by atoms with van der Waals surface area (Å²) in [4.78, 5) is 4.09. The predicted molar refractivity (Wildman–Crippen MR) is 51.4 cm³/mol. The Morgan fingerprint density at radius 3 is 2.92 bits per heavy atom. The molecule has 0 aromatic rings. The molecule has 2 nitrogen and oxygen atoms in total. The second-order valence-electron chi connectivity index (χ2n) is 3.09. The molecule has 0 radical (unpaired) electrons. The largest absolute Gasteiger partial charge is 0.491 e. The quantitative estimate of drug-likeness (QED) is 0.588. The lowest BCUT2D eigenvalue weighted by molar-refractivity contribution is 0.154. The fourth-order valence-corrected chi connectivity index (χ4v) is 1.08. The third kappa shape index (κ3) is 2.53. The van der Waals surface area contributed by atoms with Gasteiger partial charge in [0.25, 0.3) is 0 Å². The van der Waals surface area contributed by atoms with Crippen LogP contribution >= 0.6 is 0 Å². The van der Waals surface area contributed by atoms with Gasteiger partial charge in [0.2, 0.25) is 0 Å². The lowest BCUT2D eigenvalue weighted by atomic mass is 10.1. The molecule has 0 amide bonds. The molecule has 0 aromatic carbocycles. The monoisotopic (exact) mass is 165 g/mol. The van der Waals surface area contributed by atoms with Crippen molar-refractivity contribution in [2.24, 2.45) is 4.99 Å². The molecule has 0 N–H and O–H groups in total. The van der Waals surface area contributed by atoms with Gasteiger partial charge in [0.05, 0.1) is 6.10 Å². The van der Waals surface area contributed by atoms with Crippen molar-refractivity contribution in [3.8, 4) is 0 Å². The number of hydrogen-bond donors (Lipinski definition) is 0. The summed E-state index contributed by atoms with van der Waals surface area (Å²) >= 11 is 0. The van der Waals surface area contributed by atoms with Gasteiger partial charge in [-0.1, -0.05) is 6.58 Å². The maximum absolute atomic E-state index is 5.47. The van der Waals surface area contributed by atoms with E-state index in [2.05, 4.69) is 11.6 Å². The molecule has 66 valence electrons. The molecule has 0 saturated heterocycles. The molecule has 0 aromatic heterocycles. The van der Waals surface area contributed by atoms with Gasteiger partial charge in [-0.2, -0.15) is 0 Å². The van der Waals surface area contributed by atoms with Crippen molar-refractivity contribution in [1.82, 2.24) is 0 Å². The van der Waals surface area contributed by atoms with E-state index < -0.39 is 0 Å². The number of ether oxygens (including phenoxy) is 1. The Kier molecular flexibility index (Phi) is 3.09. The van der Waals surface area contributed by atoms with Crippen LogP contribution in [-0.4, -0.2) is 18.9 Å². The van der Waals surface area contributed by atoms with Crippen molar-refractivity contribution < 1.29 is 4.74 Å². The maximum Gasteiger partial charge on any atom is 0.115 e. The van der Waals surface area contributed by atoms with E-state index in [1.165, 1.54) is 5.57 Å². The van der Waals surface area contributed by atoms with Gasteiger partial charge in [-0.15, -0.1) is 0 Å². The highest BCUT2D eigenvalue weighted by Crippen LogP contribution is 2.16. The molecule has 0 unspecified atom stereocenters. The summed E-state index contributed by atoms with van der Waals surface area (Å²) in [6.45, 7) is 8.73. The van der Waals surface area contributed by atoms with E-state index in [4.69, 9.17) is 4.74 Å². The fourth-order valence-electron chi connectivity index (χ4n) is 1.08. The average Bonchev–Trinajstić information content (AvgIpc) is 2.05. The van der Waals surface area contributed by atoms with Gasteiger partial charge < -0.3 is 4.74 Å². The van der Waals surface area contributed by atoms with Gasteiger partial charge in [-0.3, -0.25) is 4.99 Å². The van der Waals surface area contributed by atoms with Crippen molar-refractivity contribution in [3.63, 3.8) is 0 Å². The van der Waals surface area contributed by atoms with E-state index in [9.17, 15) is 0 Å². The second-order valence-corrected chi connectivity index (χ2v) is 3.09. The van der Waals surface area contributed by atoms with Crippen LogP contribution in [0.5, 0.6) is 0 Å². The molecule has 0 saturated carbocycles. The molecule has 1 aliphatic rings. The number of aliphatic imine (C=N–C) groups is 1. The van der Waals surface area contributed by atoms with E-state index in [0.29, 0.717) is 0 Å². The first-order chi connectivity index (χ1) is 5.70. The predicted octanol–water partition coefficient (Wildman–Crippen LogP) is 2.33. The standard InChI is InChI=1S/C10H15NO/c1-8(2)12-9(3)10-4-6-11-7-5-10/h4,6,8H,3,5,7H2,1-2H3. The number of hydrogen-bond acceptors (Lipinski definition) is 2. The first-order valence-electron chi connectivity index (χ1n) is 4.25. The van der Waals surface area contributed by atoms with Crippen LogP contribution in [0.2, 0.25) is 0 Å². The molecular weight excluding hydrogens is 150 g/mol. The Hall–Kier alpha value is -1.05. The van der Waals surface area contributed by atoms with E-state index in [-0.39, 0.29) is 6.10 Å². The smallest absolute Gasteiger partial charge is 0.115 e. The van der Waals surface area contributed by atoms with E-state index >= 15 is 0 Å². The Bertz CT molecular complexity index is 226. The maximum atomic E-state index is 5.47. The van der Waals surface area contributed by atoms with Crippen LogP contribution in [0.25, 0.3) is 0 Å². The number of dihydropyridines is 1. The summed E-state index contributed by atoms with van der Waals surface area (Å²) < 4.78 is 5.47. The van der Waals surface area contributed by atoms with Gasteiger partial charge in [-0.25, -0.2) is 0 Å². The molecule has 1 rings (SSSR count). The van der Waals surface area contributed by atoms with Crippen LogP contribution in [-0.2, 0) is 4.74 Å². The molecule has 2 heteroatoms. The minimum Gasteiger partial charge on any atom is -0.491 e. The minimum atomic E-state index is 0.206. The van der Waals surface area contributed by atoms with Crippen LogP contribution in [0.15, 0.2) is 29.0 Å². The van der Waals surface area contributed by atoms with Crippen molar-refractivity contribution >= 4 is 6.21 Å². The van der Waals surface area contributed by atoms with Crippen molar-refractivity contribution in [2.75, 3.05) is 6.54 Å². The Labute approximate surface area is 73.6 Å². The third-order valence-corrected chi connectivity index (χ3v) is 1.63. The van der Waals surface area contributed by atoms with Crippen LogP contribution in [0, 0.1) is 0 Å². The third-order valence-electron chi connectivity index (χ3n) is 1.63. The molecule has 1 heterocycles. The topological polar surface area (TPSA) is 21.6 Å². The van der Waals surface area contributed by atoms with Gasteiger partial charge in [0.15, 0.2) is 0 Å². The summed E-state index contributed by atoms with van der Waals surface area (Å²) in [5.74, 6) is 0.788. The number of rotatable bonds is 3. The molecule has 0 spiro atoms. The highest BCUT2D eigenvalue weighted by atomic mass is 16.5. The Morgan fingerprint density at radius 1 is 1.67 bits per heavy atom. The number of nitrogens with zero attached hydrogens (tertiary/aromatic N) is 1. The Morgan fingerprint density at radius 2 is 2.42 bits per heavy atom. The van der Waals surface area contributed by atoms with E-state index in [0.717, 1.165) is 18.7 Å². The van der Waals surface area contributed by atoms with Gasteiger partial charge in [0.1, 0.15) is 5.76 Å². The summed E-state index contributed by atoms with van der Waals surface area (Å²) in [5, 5.41) is 0. The van der Waals surface area contributed by atoms with E-state index in [1.54, 1.807) is 0 Å². The second kappa shape index (κ2) is 4.10. The molecule has 12 heavy (non-hydrogen) atoms. The zero-order valence-corrected chi connectivity index (χ0v) is 7.71. The normalized spacial score (nSPS) is 16.1. The van der Waals surface area contributed by atoms with Crippen molar-refractivity contribution in [1.29, 1.82) is 0 Å². The molecule has 1 aliphatic heterocycles. The van der Waals surface area contributed by atoms with Crippen molar-refractivity contribution in [2.45, 2.75) is 26.4 Å². The summed E-state index contributed by atoms with van der Waals surface area (Å²) in [5.41, 5.74) is 1.17. The van der Waals surface area contributed by atoms with Crippen LogP contribution in [0.3, 0.4) is 0 Å². The number of allylic oxidation sites excluding steroid dienone is 2. The fraction of sp³-hybridized carbons (Fsp3) is 0.500. The lowest BCUT2D eigenvalue weighted by Gasteiger charge is -2.15. The van der Waals surface area contributed by atoms with Gasteiger partial charge >= 0.3 is 0 Å². The molecule has 0 fully saturated rings.